The summed E-state index contributed by atoms with van der Waals surface area (Å²) in [7, 11) is 0. The molecule has 3 rings (SSSR count). The average Bonchev–Trinajstić information content (AvgIpc) is 2.62. The molecule has 0 spiro atoms. The van der Waals surface area contributed by atoms with Crippen molar-refractivity contribution in [1.29, 1.82) is 0 Å². The fraction of sp³-hybridized carbons (Fsp3) is 0.450. The molecule has 2 aromatic rings. The maximum atomic E-state index is 12.9. The molecule has 2 heterocycles. The van der Waals surface area contributed by atoms with E-state index in [0.29, 0.717) is 22.1 Å². The van der Waals surface area contributed by atoms with Crippen LogP contribution in [0.1, 0.15) is 37.4 Å². The summed E-state index contributed by atoms with van der Waals surface area (Å²) in [4.78, 5) is 32.3. The van der Waals surface area contributed by atoms with E-state index in [1.54, 1.807) is 19.1 Å². The normalized spacial score (nSPS) is 17.4. The first-order valence-electron chi connectivity index (χ1n) is 9.02. The highest BCUT2D eigenvalue weighted by Gasteiger charge is 2.25. The number of aryl methyl sites for hydroxylation is 1. The molecule has 1 amide bonds. The molecule has 0 aliphatic carbocycles. The lowest BCUT2D eigenvalue weighted by Gasteiger charge is -2.33. The quantitative estimate of drug-likeness (QED) is 0.826. The number of carbonyl (C=O) groups excluding carboxylic acids is 1. The highest BCUT2D eigenvalue weighted by atomic mass is 35.5. The molecular weight excluding hydrogens is 350 g/mol. The van der Waals surface area contributed by atoms with Crippen molar-refractivity contribution in [1.82, 2.24) is 14.5 Å². The lowest BCUT2D eigenvalue weighted by Crippen LogP contribution is -2.45. The van der Waals surface area contributed by atoms with Crippen LogP contribution in [0.4, 0.5) is 0 Å². The van der Waals surface area contributed by atoms with Crippen LogP contribution in [0.3, 0.4) is 0 Å². The van der Waals surface area contributed by atoms with Crippen molar-refractivity contribution in [3.8, 4) is 11.4 Å². The number of carbonyl (C=O) groups is 1. The van der Waals surface area contributed by atoms with E-state index >= 15 is 0 Å². The van der Waals surface area contributed by atoms with E-state index in [-0.39, 0.29) is 24.1 Å². The van der Waals surface area contributed by atoms with Gasteiger partial charge in [-0.25, -0.2) is 4.98 Å². The van der Waals surface area contributed by atoms with Gasteiger partial charge in [-0.2, -0.15) is 0 Å². The SMILES string of the molecule is Cc1nc(-c2cccc(Cl)c2)n(CC(=O)N2CCCCC2C)c(=O)c1C. The Bertz CT molecular complexity index is 891. The lowest BCUT2D eigenvalue weighted by atomic mass is 10.0. The molecule has 0 N–H and O–H groups in total. The molecule has 1 fully saturated rings. The van der Waals surface area contributed by atoms with E-state index in [4.69, 9.17) is 11.6 Å². The molecule has 1 aliphatic rings. The monoisotopic (exact) mass is 373 g/mol. The van der Waals surface area contributed by atoms with Gasteiger partial charge in [0.2, 0.25) is 5.91 Å². The van der Waals surface area contributed by atoms with Gasteiger partial charge in [0.05, 0.1) is 0 Å². The zero-order chi connectivity index (χ0) is 18.8. The third kappa shape index (κ3) is 3.68. The number of halogens is 1. The van der Waals surface area contributed by atoms with E-state index in [9.17, 15) is 9.59 Å². The van der Waals surface area contributed by atoms with Crippen molar-refractivity contribution >= 4 is 17.5 Å². The van der Waals surface area contributed by atoms with Crippen LogP contribution >= 0.6 is 11.6 Å². The van der Waals surface area contributed by atoms with Gasteiger partial charge >= 0.3 is 0 Å². The number of likely N-dealkylation sites (tertiary alicyclic amines) is 1. The molecule has 0 saturated carbocycles. The summed E-state index contributed by atoms with van der Waals surface area (Å²) in [5, 5.41) is 0.567. The van der Waals surface area contributed by atoms with Crippen molar-refractivity contribution < 1.29 is 4.79 Å². The Morgan fingerprint density at radius 1 is 1.31 bits per heavy atom. The second-order valence-electron chi connectivity index (χ2n) is 6.98. The molecule has 0 radical (unpaired) electrons. The van der Waals surface area contributed by atoms with Crippen LogP contribution in [0.2, 0.25) is 5.02 Å². The van der Waals surface area contributed by atoms with E-state index < -0.39 is 0 Å². The van der Waals surface area contributed by atoms with E-state index in [2.05, 4.69) is 11.9 Å². The van der Waals surface area contributed by atoms with Gasteiger partial charge in [-0.3, -0.25) is 14.2 Å². The van der Waals surface area contributed by atoms with Crippen LogP contribution in [0.25, 0.3) is 11.4 Å². The number of nitrogens with zero attached hydrogens (tertiary/aromatic N) is 3. The third-order valence-electron chi connectivity index (χ3n) is 5.14. The molecule has 26 heavy (non-hydrogen) atoms. The number of hydrogen-bond acceptors (Lipinski definition) is 3. The van der Waals surface area contributed by atoms with Gasteiger partial charge < -0.3 is 4.90 Å². The molecule has 1 saturated heterocycles. The zero-order valence-electron chi connectivity index (χ0n) is 15.5. The maximum Gasteiger partial charge on any atom is 0.257 e. The van der Waals surface area contributed by atoms with Crippen LogP contribution in [-0.4, -0.2) is 32.9 Å². The minimum absolute atomic E-state index is 0.000853. The van der Waals surface area contributed by atoms with Crippen molar-refractivity contribution in [3.63, 3.8) is 0 Å². The fourth-order valence-electron chi connectivity index (χ4n) is 3.45. The first kappa shape index (κ1) is 18.6. The highest BCUT2D eigenvalue weighted by molar-refractivity contribution is 6.30. The molecule has 1 aromatic heterocycles. The molecule has 138 valence electrons. The number of rotatable bonds is 3. The van der Waals surface area contributed by atoms with Crippen molar-refractivity contribution in [3.05, 3.63) is 50.9 Å². The Morgan fingerprint density at radius 2 is 2.08 bits per heavy atom. The standard InChI is InChI=1S/C20H24ClN3O2/c1-13-7-4-5-10-23(13)18(25)12-24-19(16-8-6-9-17(21)11-16)22-15(3)14(2)20(24)26/h6,8-9,11,13H,4-5,7,10,12H2,1-3H3. The first-order chi connectivity index (χ1) is 12.4. The minimum Gasteiger partial charge on any atom is -0.338 e. The second kappa shape index (κ2) is 7.62. The van der Waals surface area contributed by atoms with Gasteiger partial charge in [-0.15, -0.1) is 0 Å². The van der Waals surface area contributed by atoms with Crippen LogP contribution in [-0.2, 0) is 11.3 Å². The molecule has 1 aliphatic heterocycles. The fourth-order valence-corrected chi connectivity index (χ4v) is 3.64. The predicted octanol–water partition coefficient (Wildman–Crippen LogP) is 3.58. The smallest absolute Gasteiger partial charge is 0.257 e. The molecule has 1 aromatic carbocycles. The van der Waals surface area contributed by atoms with Gasteiger partial charge in [0.1, 0.15) is 12.4 Å². The number of hydrogen-bond donors (Lipinski definition) is 0. The highest BCUT2D eigenvalue weighted by Crippen LogP contribution is 2.22. The van der Waals surface area contributed by atoms with Gasteiger partial charge in [-0.1, -0.05) is 23.7 Å². The zero-order valence-corrected chi connectivity index (χ0v) is 16.2. The molecule has 5 nitrogen and oxygen atoms in total. The molecule has 1 atom stereocenters. The second-order valence-corrected chi connectivity index (χ2v) is 7.42. The summed E-state index contributed by atoms with van der Waals surface area (Å²) < 4.78 is 1.48. The Balaban J connectivity index is 2.04. The van der Waals surface area contributed by atoms with Crippen LogP contribution in [0, 0.1) is 13.8 Å². The Kier molecular flexibility index (Phi) is 5.47. The topological polar surface area (TPSA) is 55.2 Å². The number of aromatic nitrogens is 2. The molecule has 0 bridgehead atoms. The van der Waals surface area contributed by atoms with Crippen LogP contribution in [0.5, 0.6) is 0 Å². The van der Waals surface area contributed by atoms with E-state index in [1.807, 2.05) is 24.0 Å². The summed E-state index contributed by atoms with van der Waals surface area (Å²) in [6, 6.07) is 7.42. The lowest BCUT2D eigenvalue weighted by molar-refractivity contribution is -0.135. The van der Waals surface area contributed by atoms with Gasteiger partial charge in [0.15, 0.2) is 0 Å². The molecule has 6 heteroatoms. The number of benzene rings is 1. The van der Waals surface area contributed by atoms with Crippen molar-refractivity contribution in [2.75, 3.05) is 6.54 Å². The average molecular weight is 374 g/mol. The van der Waals surface area contributed by atoms with Gasteiger partial charge in [0.25, 0.3) is 5.56 Å². The summed E-state index contributed by atoms with van der Waals surface area (Å²) in [5.41, 5.74) is 1.79. The van der Waals surface area contributed by atoms with Gasteiger partial charge in [-0.05, 0) is 52.2 Å². The van der Waals surface area contributed by atoms with Crippen molar-refractivity contribution in [2.24, 2.45) is 0 Å². The van der Waals surface area contributed by atoms with Crippen LogP contribution < -0.4 is 5.56 Å². The predicted molar refractivity (Wildman–Crippen MR) is 103 cm³/mol. The van der Waals surface area contributed by atoms with Crippen LogP contribution in [0.15, 0.2) is 29.1 Å². The Morgan fingerprint density at radius 3 is 2.77 bits per heavy atom. The Labute approximate surface area is 158 Å². The Hall–Kier alpha value is -2.14. The van der Waals surface area contributed by atoms with Crippen molar-refractivity contribution in [2.45, 2.75) is 52.6 Å². The maximum absolute atomic E-state index is 12.9. The number of amides is 1. The third-order valence-corrected chi connectivity index (χ3v) is 5.37. The first-order valence-corrected chi connectivity index (χ1v) is 9.39. The summed E-state index contributed by atoms with van der Waals surface area (Å²) >= 11 is 6.11. The summed E-state index contributed by atoms with van der Waals surface area (Å²) in [6.07, 6.45) is 3.16. The van der Waals surface area contributed by atoms with E-state index in [1.165, 1.54) is 4.57 Å². The summed E-state index contributed by atoms with van der Waals surface area (Å²) in [6.45, 7) is 6.37. The molecule has 1 unspecified atom stereocenters. The summed E-state index contributed by atoms with van der Waals surface area (Å²) in [5.74, 6) is 0.450. The van der Waals surface area contributed by atoms with E-state index in [0.717, 1.165) is 31.4 Å². The molecular formula is C20H24ClN3O2. The number of piperidine rings is 1. The van der Waals surface area contributed by atoms with Gasteiger partial charge in [0, 0.05) is 34.4 Å². The minimum atomic E-state index is -0.175. The largest absolute Gasteiger partial charge is 0.338 e.